The number of hydrogen-bond acceptors (Lipinski definition) is 3. The Morgan fingerprint density at radius 3 is 2.31 bits per heavy atom. The maximum atomic E-state index is 13.0. The highest BCUT2D eigenvalue weighted by Crippen LogP contribution is 2.17. The van der Waals surface area contributed by atoms with Crippen molar-refractivity contribution in [2.45, 2.75) is 58.5 Å². The van der Waals surface area contributed by atoms with E-state index in [9.17, 15) is 9.59 Å². The number of thioether (sulfide) groups is 1. The fraction of sp³-hybridized carbons (Fsp3) is 0.417. The average molecular weight is 413 g/mol. The molecule has 2 amide bonds. The van der Waals surface area contributed by atoms with Gasteiger partial charge in [0.15, 0.2) is 0 Å². The van der Waals surface area contributed by atoms with Crippen LogP contribution in [-0.4, -0.2) is 34.6 Å². The SMILES string of the molecule is Cc1ccccc1CN(C(=O)CCSCc1ccccc1)[C@H](C)C(=O)NC(C)C. The molecular formula is C24H32N2O2S. The van der Waals surface area contributed by atoms with E-state index in [2.05, 4.69) is 17.4 Å². The van der Waals surface area contributed by atoms with Crippen molar-refractivity contribution >= 4 is 23.6 Å². The quantitative estimate of drug-likeness (QED) is 0.582. The van der Waals surface area contributed by atoms with Crippen LogP contribution in [0.4, 0.5) is 0 Å². The monoisotopic (exact) mass is 412 g/mol. The summed E-state index contributed by atoms with van der Waals surface area (Å²) in [6.45, 7) is 8.15. The summed E-state index contributed by atoms with van der Waals surface area (Å²) in [6.07, 6.45) is 0.419. The normalized spacial score (nSPS) is 11.9. The van der Waals surface area contributed by atoms with Crippen molar-refractivity contribution in [2.75, 3.05) is 5.75 Å². The number of aryl methyl sites for hydroxylation is 1. The second-order valence-corrected chi connectivity index (χ2v) is 8.68. The molecule has 2 aromatic carbocycles. The van der Waals surface area contributed by atoms with Crippen LogP contribution in [0.2, 0.25) is 0 Å². The number of hydrogen-bond donors (Lipinski definition) is 1. The maximum absolute atomic E-state index is 13.0. The van der Waals surface area contributed by atoms with E-state index in [1.54, 1.807) is 16.7 Å². The van der Waals surface area contributed by atoms with Gasteiger partial charge in [-0.15, -0.1) is 0 Å². The predicted octanol–water partition coefficient (Wildman–Crippen LogP) is 4.56. The molecule has 0 bridgehead atoms. The van der Waals surface area contributed by atoms with Crippen molar-refractivity contribution in [2.24, 2.45) is 0 Å². The molecule has 0 saturated heterocycles. The molecule has 2 rings (SSSR count). The molecule has 4 nitrogen and oxygen atoms in total. The van der Waals surface area contributed by atoms with Crippen LogP contribution in [0.1, 0.15) is 43.9 Å². The van der Waals surface area contributed by atoms with Gasteiger partial charge in [0, 0.05) is 30.5 Å². The number of benzene rings is 2. The maximum Gasteiger partial charge on any atom is 0.242 e. The van der Waals surface area contributed by atoms with Gasteiger partial charge >= 0.3 is 0 Å². The lowest BCUT2D eigenvalue weighted by atomic mass is 10.1. The van der Waals surface area contributed by atoms with Crippen LogP contribution in [0.3, 0.4) is 0 Å². The largest absolute Gasteiger partial charge is 0.352 e. The molecule has 0 heterocycles. The van der Waals surface area contributed by atoms with Gasteiger partial charge < -0.3 is 10.2 Å². The van der Waals surface area contributed by atoms with Crippen LogP contribution in [0, 0.1) is 6.92 Å². The first kappa shape index (κ1) is 23.0. The molecule has 2 aromatic rings. The Hall–Kier alpha value is -2.27. The Labute approximate surface area is 179 Å². The summed E-state index contributed by atoms with van der Waals surface area (Å²) in [7, 11) is 0. The molecule has 0 fully saturated rings. The van der Waals surface area contributed by atoms with E-state index >= 15 is 0 Å². The van der Waals surface area contributed by atoms with Crippen LogP contribution in [0.5, 0.6) is 0 Å². The first-order valence-electron chi connectivity index (χ1n) is 10.1. The molecule has 1 atom stereocenters. The van der Waals surface area contributed by atoms with Gasteiger partial charge in [-0.05, 0) is 44.4 Å². The molecule has 0 radical (unpaired) electrons. The van der Waals surface area contributed by atoms with E-state index < -0.39 is 6.04 Å². The number of carbonyl (C=O) groups is 2. The summed E-state index contributed by atoms with van der Waals surface area (Å²) >= 11 is 1.74. The second kappa shape index (κ2) is 11.7. The van der Waals surface area contributed by atoms with Crippen molar-refractivity contribution in [1.29, 1.82) is 0 Å². The van der Waals surface area contributed by atoms with E-state index in [1.165, 1.54) is 5.56 Å². The molecule has 0 aliphatic carbocycles. The van der Waals surface area contributed by atoms with Crippen molar-refractivity contribution in [3.05, 3.63) is 71.3 Å². The zero-order chi connectivity index (χ0) is 21.2. The Kier molecular flexibility index (Phi) is 9.26. The van der Waals surface area contributed by atoms with E-state index in [0.717, 1.165) is 22.6 Å². The molecule has 0 saturated carbocycles. The standard InChI is InChI=1S/C24H32N2O2S/c1-18(2)25-24(28)20(4)26(16-22-13-9-8-10-19(22)3)23(27)14-15-29-17-21-11-6-5-7-12-21/h5-13,18,20H,14-17H2,1-4H3,(H,25,28)/t20-/m1/s1. The fourth-order valence-corrected chi connectivity index (χ4v) is 3.92. The van der Waals surface area contributed by atoms with Crippen molar-refractivity contribution in [3.63, 3.8) is 0 Å². The molecule has 0 aliphatic rings. The van der Waals surface area contributed by atoms with Crippen LogP contribution in [0.15, 0.2) is 54.6 Å². The second-order valence-electron chi connectivity index (χ2n) is 7.58. The number of nitrogens with zero attached hydrogens (tertiary/aromatic N) is 1. The van der Waals surface area contributed by atoms with Crippen LogP contribution < -0.4 is 5.32 Å². The van der Waals surface area contributed by atoms with Gasteiger partial charge in [0.25, 0.3) is 0 Å². The molecular weight excluding hydrogens is 380 g/mol. The Balaban J connectivity index is 2.01. The molecule has 0 aromatic heterocycles. The molecule has 0 spiro atoms. The van der Waals surface area contributed by atoms with Gasteiger partial charge in [-0.1, -0.05) is 54.6 Å². The van der Waals surface area contributed by atoms with E-state index in [-0.39, 0.29) is 17.9 Å². The molecule has 0 aliphatic heterocycles. The van der Waals surface area contributed by atoms with Gasteiger partial charge in [0.05, 0.1) is 0 Å². The number of amides is 2. The van der Waals surface area contributed by atoms with E-state index in [1.807, 2.05) is 70.2 Å². The Morgan fingerprint density at radius 1 is 1.00 bits per heavy atom. The Bertz CT molecular complexity index is 792. The number of carbonyl (C=O) groups excluding carboxylic acids is 2. The third-order valence-electron chi connectivity index (χ3n) is 4.77. The van der Waals surface area contributed by atoms with E-state index in [4.69, 9.17) is 0 Å². The van der Waals surface area contributed by atoms with Gasteiger partial charge in [-0.2, -0.15) is 11.8 Å². The zero-order valence-corrected chi connectivity index (χ0v) is 18.7. The highest BCUT2D eigenvalue weighted by molar-refractivity contribution is 7.98. The predicted molar refractivity (Wildman–Crippen MR) is 122 cm³/mol. The van der Waals surface area contributed by atoms with Gasteiger partial charge in [0.2, 0.25) is 11.8 Å². The van der Waals surface area contributed by atoms with Crippen molar-refractivity contribution in [3.8, 4) is 0 Å². The number of rotatable bonds is 10. The summed E-state index contributed by atoms with van der Waals surface area (Å²) in [5.74, 6) is 1.52. The molecule has 156 valence electrons. The van der Waals surface area contributed by atoms with Gasteiger partial charge in [-0.3, -0.25) is 9.59 Å². The van der Waals surface area contributed by atoms with Crippen LogP contribution in [0.25, 0.3) is 0 Å². The van der Waals surface area contributed by atoms with Gasteiger partial charge in [-0.25, -0.2) is 0 Å². The minimum absolute atomic E-state index is 0.0141. The highest BCUT2D eigenvalue weighted by Gasteiger charge is 2.26. The van der Waals surface area contributed by atoms with Crippen LogP contribution in [-0.2, 0) is 21.9 Å². The molecule has 5 heteroatoms. The number of nitrogens with one attached hydrogen (secondary N) is 1. The first-order valence-corrected chi connectivity index (χ1v) is 11.3. The van der Waals surface area contributed by atoms with E-state index in [0.29, 0.717) is 13.0 Å². The fourth-order valence-electron chi connectivity index (χ4n) is 3.03. The third-order valence-corrected chi connectivity index (χ3v) is 5.80. The lowest BCUT2D eigenvalue weighted by Gasteiger charge is -2.30. The lowest BCUT2D eigenvalue weighted by Crippen LogP contribution is -2.49. The topological polar surface area (TPSA) is 49.4 Å². The lowest BCUT2D eigenvalue weighted by molar-refractivity contribution is -0.140. The van der Waals surface area contributed by atoms with Crippen LogP contribution >= 0.6 is 11.8 Å². The average Bonchev–Trinajstić information content (AvgIpc) is 2.70. The summed E-state index contributed by atoms with van der Waals surface area (Å²) in [5.41, 5.74) is 3.45. The minimum Gasteiger partial charge on any atom is -0.352 e. The van der Waals surface area contributed by atoms with Gasteiger partial charge in [0.1, 0.15) is 6.04 Å². The zero-order valence-electron chi connectivity index (χ0n) is 17.9. The first-order chi connectivity index (χ1) is 13.9. The highest BCUT2D eigenvalue weighted by atomic mass is 32.2. The summed E-state index contributed by atoms with van der Waals surface area (Å²) < 4.78 is 0. The Morgan fingerprint density at radius 2 is 1.66 bits per heavy atom. The van der Waals surface area contributed by atoms with Crippen molar-refractivity contribution < 1.29 is 9.59 Å². The smallest absolute Gasteiger partial charge is 0.242 e. The molecule has 0 unspecified atom stereocenters. The minimum atomic E-state index is -0.511. The summed E-state index contributed by atoms with van der Waals surface area (Å²) in [4.78, 5) is 27.3. The summed E-state index contributed by atoms with van der Waals surface area (Å²) in [6, 6.07) is 17.8. The molecule has 29 heavy (non-hydrogen) atoms. The van der Waals surface area contributed by atoms with Crippen molar-refractivity contribution in [1.82, 2.24) is 10.2 Å². The summed E-state index contributed by atoms with van der Waals surface area (Å²) in [5, 5.41) is 2.93. The molecule has 1 N–H and O–H groups in total. The third kappa shape index (κ3) is 7.58.